The molecular formula is C22H14N3O5PS. The summed E-state index contributed by atoms with van der Waals surface area (Å²) in [6.45, 7) is -2.97. The summed E-state index contributed by atoms with van der Waals surface area (Å²) < 4.78 is 12.2. The topological polar surface area (TPSA) is 107 Å². The molecule has 0 unspecified atom stereocenters. The lowest BCUT2D eigenvalue weighted by Gasteiger charge is -2.24. The number of aliphatic imine (C=N–C) groups is 3. The highest BCUT2D eigenvalue weighted by atomic mass is 32.5. The van der Waals surface area contributed by atoms with Gasteiger partial charge >= 0.3 is 0 Å². The molecule has 0 aliphatic rings. The minimum atomic E-state index is -2.97. The highest BCUT2D eigenvalue weighted by Gasteiger charge is 2.24. The van der Waals surface area contributed by atoms with E-state index in [1.807, 2.05) is 0 Å². The Hall–Kier alpha value is -3.95. The van der Waals surface area contributed by atoms with Gasteiger partial charge < -0.3 is 9.05 Å². The molecule has 0 aliphatic heterocycles. The monoisotopic (exact) mass is 463 g/mol. The quantitative estimate of drug-likeness (QED) is 0.234. The smallest absolute Gasteiger partial charge is 0.292 e. The Morgan fingerprint density at radius 3 is 1.31 bits per heavy atom. The number of isocyanates is 3. The molecule has 0 saturated carbocycles. The van der Waals surface area contributed by atoms with E-state index in [4.69, 9.17) is 20.9 Å². The molecule has 0 aliphatic carbocycles. The molecule has 0 spiro atoms. The summed E-state index contributed by atoms with van der Waals surface area (Å²) in [4.78, 5) is 41.9. The van der Waals surface area contributed by atoms with E-state index in [2.05, 4.69) is 15.0 Å². The van der Waals surface area contributed by atoms with E-state index in [1.54, 1.807) is 72.8 Å². The van der Waals surface area contributed by atoms with E-state index in [9.17, 15) is 14.4 Å². The summed E-state index contributed by atoms with van der Waals surface area (Å²) in [6.07, 6.45) is 4.72. The first-order valence-electron chi connectivity index (χ1n) is 9.04. The van der Waals surface area contributed by atoms with Crippen LogP contribution in [0.2, 0.25) is 0 Å². The number of hydrogen-bond acceptors (Lipinski definition) is 9. The van der Waals surface area contributed by atoms with E-state index >= 15 is 0 Å². The molecule has 0 fully saturated rings. The van der Waals surface area contributed by atoms with Gasteiger partial charge in [-0.05, 0) is 78.0 Å². The summed E-state index contributed by atoms with van der Waals surface area (Å²) in [5, 5.41) is 0. The molecule has 0 heterocycles. The fourth-order valence-electron chi connectivity index (χ4n) is 2.63. The Morgan fingerprint density at radius 2 is 0.969 bits per heavy atom. The van der Waals surface area contributed by atoms with Crippen molar-refractivity contribution >= 4 is 53.6 Å². The molecule has 0 bridgehead atoms. The van der Waals surface area contributed by atoms with Gasteiger partial charge in [-0.15, -0.1) is 0 Å². The van der Waals surface area contributed by atoms with Crippen LogP contribution in [-0.2, 0) is 32.4 Å². The highest BCUT2D eigenvalue weighted by Crippen LogP contribution is 2.52. The lowest BCUT2D eigenvalue weighted by atomic mass is 10.2. The molecule has 0 saturated heterocycles. The molecule has 0 aromatic heterocycles. The third kappa shape index (κ3) is 6.53. The molecule has 0 amide bonds. The maximum atomic E-state index is 10.4. The van der Waals surface area contributed by atoms with Crippen LogP contribution in [0.1, 0.15) is 5.56 Å². The Bertz CT molecular complexity index is 1110. The van der Waals surface area contributed by atoms with Crippen molar-refractivity contribution in [3.63, 3.8) is 0 Å². The molecule has 32 heavy (non-hydrogen) atoms. The Balaban J connectivity index is 1.89. The van der Waals surface area contributed by atoms with E-state index in [0.29, 0.717) is 28.6 Å². The van der Waals surface area contributed by atoms with Crippen LogP contribution in [-0.4, -0.2) is 18.2 Å². The summed E-state index contributed by atoms with van der Waals surface area (Å²) in [7, 11) is 0. The number of benzene rings is 3. The fourth-order valence-corrected chi connectivity index (χ4v) is 5.30. The Kier molecular flexibility index (Phi) is 7.74. The van der Waals surface area contributed by atoms with Crippen LogP contribution in [0.15, 0.2) is 87.8 Å². The number of carbonyl (C=O) groups excluding carboxylic acids is 3. The fraction of sp³-hybridized carbons (Fsp3) is 0.0455. The van der Waals surface area contributed by atoms with Crippen molar-refractivity contribution in [3.05, 3.63) is 78.4 Å². The highest BCUT2D eigenvalue weighted by molar-refractivity contribution is 8.09. The van der Waals surface area contributed by atoms with E-state index in [1.165, 1.54) is 18.2 Å². The van der Waals surface area contributed by atoms with Crippen molar-refractivity contribution in [1.29, 1.82) is 0 Å². The predicted molar refractivity (Wildman–Crippen MR) is 122 cm³/mol. The Labute approximate surface area is 188 Å². The molecule has 0 radical (unpaired) electrons. The van der Waals surface area contributed by atoms with Crippen LogP contribution < -0.4 is 9.05 Å². The van der Waals surface area contributed by atoms with Gasteiger partial charge in [-0.3, -0.25) is 0 Å². The first kappa shape index (κ1) is 22.7. The normalized spacial score (nSPS) is 11.6. The lowest BCUT2D eigenvalue weighted by Crippen LogP contribution is -2.04. The third-order valence-electron chi connectivity index (χ3n) is 4.00. The van der Waals surface area contributed by atoms with Crippen molar-refractivity contribution in [2.24, 2.45) is 15.0 Å². The van der Waals surface area contributed by atoms with Crippen LogP contribution >= 0.6 is 6.49 Å². The van der Waals surface area contributed by atoms with Crippen molar-refractivity contribution in [3.8, 4) is 11.5 Å². The second-order valence-electron chi connectivity index (χ2n) is 6.22. The average Bonchev–Trinajstić information content (AvgIpc) is 2.78. The first-order chi connectivity index (χ1) is 15.5. The molecule has 0 N–H and O–H groups in total. The molecule has 8 nitrogen and oxygen atoms in total. The summed E-state index contributed by atoms with van der Waals surface area (Å²) >= 11 is 5.81. The molecule has 0 atom stereocenters. The maximum absolute atomic E-state index is 10.4. The summed E-state index contributed by atoms with van der Waals surface area (Å²) in [5.74, 6) is 0.894. The molecule has 10 heteroatoms. The van der Waals surface area contributed by atoms with Gasteiger partial charge in [0.25, 0.3) is 6.49 Å². The van der Waals surface area contributed by atoms with Crippen molar-refractivity contribution in [2.75, 3.05) is 0 Å². The number of rotatable bonds is 9. The van der Waals surface area contributed by atoms with Gasteiger partial charge in [-0.1, -0.05) is 12.1 Å². The Morgan fingerprint density at radius 1 is 0.625 bits per heavy atom. The molecule has 3 aromatic carbocycles. The summed E-state index contributed by atoms with van der Waals surface area (Å²) in [6, 6.07) is 19.8. The van der Waals surface area contributed by atoms with Gasteiger partial charge in [0.1, 0.15) is 11.5 Å². The second kappa shape index (κ2) is 10.9. The lowest BCUT2D eigenvalue weighted by molar-refractivity contribution is 0.485. The predicted octanol–water partition coefficient (Wildman–Crippen LogP) is 5.56. The maximum Gasteiger partial charge on any atom is 0.292 e. The zero-order chi connectivity index (χ0) is 22.8. The molecular weight excluding hydrogens is 449 g/mol. The van der Waals surface area contributed by atoms with Crippen molar-refractivity contribution < 1.29 is 23.4 Å². The van der Waals surface area contributed by atoms with Crippen molar-refractivity contribution in [2.45, 2.75) is 6.16 Å². The van der Waals surface area contributed by atoms with Gasteiger partial charge in [0.05, 0.1) is 23.2 Å². The van der Waals surface area contributed by atoms with E-state index < -0.39 is 6.49 Å². The molecule has 3 aromatic rings. The van der Waals surface area contributed by atoms with Crippen LogP contribution in [0.5, 0.6) is 11.5 Å². The SMILES string of the molecule is O=C=Nc1ccc(CP(=S)(Oc2ccc(N=C=O)cc2)Oc2ccc(N=C=O)cc2)cc1. The minimum Gasteiger partial charge on any atom is -0.435 e. The second-order valence-corrected chi connectivity index (χ2v) is 9.79. The van der Waals surface area contributed by atoms with Crippen LogP contribution in [0.25, 0.3) is 0 Å². The van der Waals surface area contributed by atoms with E-state index in [0.717, 1.165) is 5.56 Å². The zero-order valence-corrected chi connectivity index (χ0v) is 18.1. The summed E-state index contributed by atoms with van der Waals surface area (Å²) in [5.41, 5.74) is 2.15. The minimum absolute atomic E-state index is 0.274. The van der Waals surface area contributed by atoms with Gasteiger partial charge in [0, 0.05) is 0 Å². The standard InChI is InChI=1S/C22H14N3O5PS/c26-14-23-18-3-1-17(2-4-18)13-31(32,29-21-9-5-19(6-10-21)24-15-27)30-22-11-7-20(8-12-22)25-16-28/h1-12H,13H2. The molecule has 3 rings (SSSR count). The van der Waals surface area contributed by atoms with Gasteiger partial charge in [-0.25, -0.2) is 14.4 Å². The number of hydrogen-bond donors (Lipinski definition) is 0. The van der Waals surface area contributed by atoms with Gasteiger partial charge in [0.2, 0.25) is 18.2 Å². The average molecular weight is 463 g/mol. The first-order valence-corrected chi connectivity index (χ1v) is 11.9. The van der Waals surface area contributed by atoms with Crippen LogP contribution in [0.3, 0.4) is 0 Å². The zero-order valence-electron chi connectivity index (χ0n) is 16.4. The van der Waals surface area contributed by atoms with Gasteiger partial charge in [-0.2, -0.15) is 15.0 Å². The van der Waals surface area contributed by atoms with Crippen LogP contribution in [0, 0.1) is 0 Å². The third-order valence-corrected chi connectivity index (χ3v) is 6.56. The molecule has 158 valence electrons. The number of nitrogens with zero attached hydrogens (tertiary/aromatic N) is 3. The van der Waals surface area contributed by atoms with Crippen molar-refractivity contribution in [1.82, 2.24) is 0 Å². The largest absolute Gasteiger partial charge is 0.435 e. The van der Waals surface area contributed by atoms with Crippen LogP contribution in [0.4, 0.5) is 17.1 Å². The van der Waals surface area contributed by atoms with Gasteiger partial charge in [0.15, 0.2) is 0 Å². The van der Waals surface area contributed by atoms with E-state index in [-0.39, 0.29) is 6.16 Å².